The van der Waals surface area contributed by atoms with E-state index in [0.717, 1.165) is 46.0 Å². The Morgan fingerprint density at radius 3 is 1.87 bits per heavy atom. The maximum Gasteiger partial charge on any atom is 0.311 e. The number of imide groups is 2. The highest BCUT2D eigenvalue weighted by Crippen LogP contribution is 2.39. The van der Waals surface area contributed by atoms with E-state index >= 15 is 0 Å². The van der Waals surface area contributed by atoms with Gasteiger partial charge in [-0.3, -0.25) is 34.1 Å². The number of rotatable bonds is 14. The van der Waals surface area contributed by atoms with Crippen LogP contribution in [0, 0.1) is 0 Å². The normalized spacial score (nSPS) is 15.6. The van der Waals surface area contributed by atoms with E-state index < -0.39 is 34.2 Å². The second kappa shape index (κ2) is 18.5. The van der Waals surface area contributed by atoms with Gasteiger partial charge in [0.2, 0.25) is 0 Å². The van der Waals surface area contributed by atoms with E-state index in [2.05, 4.69) is 5.32 Å². The summed E-state index contributed by atoms with van der Waals surface area (Å²) in [5.41, 5.74) is 3.26. The minimum absolute atomic E-state index is 0.110. The van der Waals surface area contributed by atoms with Gasteiger partial charge in [-0.05, 0) is 114 Å². The zero-order chi connectivity index (χ0) is 38.9. The third-order valence-electron chi connectivity index (χ3n) is 8.40. The van der Waals surface area contributed by atoms with Crippen LogP contribution in [0.4, 0.5) is 15.3 Å². The highest BCUT2D eigenvalue weighted by Gasteiger charge is 2.36. The summed E-state index contributed by atoms with van der Waals surface area (Å²) in [7, 11) is 0. The maximum absolute atomic E-state index is 13.5. The number of carbonyl (C=O) groups is 6. The van der Waals surface area contributed by atoms with Crippen molar-refractivity contribution in [1.29, 1.82) is 0 Å². The monoisotopic (exact) mass is 814 g/mol. The molecule has 2 fully saturated rings. The Balaban J connectivity index is 1.01. The van der Waals surface area contributed by atoms with Gasteiger partial charge in [-0.1, -0.05) is 89.9 Å². The number of amides is 4. The molecule has 2 heterocycles. The first-order valence-corrected chi connectivity index (χ1v) is 19.6. The number of ether oxygens (including phenoxy) is 2. The van der Waals surface area contributed by atoms with Crippen LogP contribution in [0.2, 0.25) is 10.0 Å². The summed E-state index contributed by atoms with van der Waals surface area (Å²) < 4.78 is 11.0. The van der Waals surface area contributed by atoms with Gasteiger partial charge in [0.05, 0.1) is 25.5 Å². The van der Waals surface area contributed by atoms with Crippen molar-refractivity contribution >= 4 is 98.8 Å². The molecular formula is C41H32Cl2N2O8S2. The molecule has 6 rings (SSSR count). The summed E-state index contributed by atoms with van der Waals surface area (Å²) in [4.78, 5) is 76.5. The number of nitrogens with zero attached hydrogens (tertiary/aromatic N) is 1. The number of unbranched alkanes of at least 4 members (excludes halogenated alkanes) is 1. The van der Waals surface area contributed by atoms with Gasteiger partial charge in [0.15, 0.2) is 0 Å². The Morgan fingerprint density at radius 1 is 0.655 bits per heavy atom. The second-order valence-corrected chi connectivity index (χ2v) is 15.1. The van der Waals surface area contributed by atoms with Crippen molar-refractivity contribution in [3.8, 4) is 11.5 Å². The van der Waals surface area contributed by atoms with E-state index in [0.29, 0.717) is 42.5 Å². The number of benzene rings is 4. The van der Waals surface area contributed by atoms with Gasteiger partial charge in [0.1, 0.15) is 11.5 Å². The van der Waals surface area contributed by atoms with Crippen LogP contribution in [0.15, 0.2) is 101 Å². The van der Waals surface area contributed by atoms with E-state index in [9.17, 15) is 28.8 Å². The molecule has 0 atom stereocenters. The molecule has 0 aromatic heterocycles. The molecule has 0 saturated carbocycles. The van der Waals surface area contributed by atoms with Crippen molar-refractivity contribution in [3.63, 3.8) is 0 Å². The Labute approximate surface area is 335 Å². The molecule has 0 aliphatic carbocycles. The number of halogens is 2. The molecule has 0 bridgehead atoms. The van der Waals surface area contributed by atoms with E-state index in [4.69, 9.17) is 32.7 Å². The van der Waals surface area contributed by atoms with Gasteiger partial charge in [0.25, 0.3) is 22.3 Å². The molecule has 2 aliphatic rings. The minimum atomic E-state index is -0.520. The molecule has 0 spiro atoms. The van der Waals surface area contributed by atoms with E-state index in [1.807, 2.05) is 36.4 Å². The average Bonchev–Trinajstić information content (AvgIpc) is 3.64. The lowest BCUT2D eigenvalue weighted by molar-refractivity contribution is -0.135. The topological polar surface area (TPSA) is 136 Å². The third kappa shape index (κ3) is 10.3. The zero-order valence-electron chi connectivity index (χ0n) is 29.1. The standard InChI is InChI=1S/C41H32Cl2N2O8S2/c42-36-27(23-32-38(48)44-40(50)54-32)15-8-18-30(36)52-34(46)20-5-4-12-26-14-6-17-29(22-26)45-39(49)33(55-41(45)51)24-28-16-9-19-31(37(28)43)53-35(47)21-7-13-25-10-2-1-3-11-25/h1-3,6,8-11,14-19,22-24H,4-5,7,12-13,20-21H2,(H,44,48,50)/b32-23-,33-24-. The van der Waals surface area contributed by atoms with Crippen LogP contribution < -0.4 is 19.7 Å². The highest BCUT2D eigenvalue weighted by atomic mass is 35.5. The number of anilines is 1. The third-order valence-corrected chi connectivity index (χ3v) is 10.9. The molecule has 2 saturated heterocycles. The number of carbonyl (C=O) groups excluding carboxylic acids is 6. The Morgan fingerprint density at radius 2 is 1.24 bits per heavy atom. The van der Waals surface area contributed by atoms with Crippen molar-refractivity contribution in [2.24, 2.45) is 0 Å². The van der Waals surface area contributed by atoms with Gasteiger partial charge in [0, 0.05) is 12.8 Å². The van der Waals surface area contributed by atoms with Crippen LogP contribution >= 0.6 is 46.7 Å². The van der Waals surface area contributed by atoms with Gasteiger partial charge >= 0.3 is 11.9 Å². The van der Waals surface area contributed by atoms with Crippen molar-refractivity contribution < 1.29 is 38.2 Å². The Bertz CT molecular complexity index is 2240. The van der Waals surface area contributed by atoms with Gasteiger partial charge in [-0.2, -0.15) is 0 Å². The summed E-state index contributed by atoms with van der Waals surface area (Å²) in [6.07, 6.45) is 6.33. The summed E-state index contributed by atoms with van der Waals surface area (Å²) in [5, 5.41) is 1.52. The highest BCUT2D eigenvalue weighted by molar-refractivity contribution is 8.19. The molecular weight excluding hydrogens is 783 g/mol. The Hall–Kier alpha value is -5.14. The van der Waals surface area contributed by atoms with Crippen molar-refractivity contribution in [3.05, 3.63) is 133 Å². The second-order valence-electron chi connectivity index (χ2n) is 12.4. The van der Waals surface area contributed by atoms with Crippen LogP contribution in [-0.2, 0) is 32.0 Å². The lowest BCUT2D eigenvalue weighted by Crippen LogP contribution is -2.27. The van der Waals surface area contributed by atoms with Gasteiger partial charge < -0.3 is 9.47 Å². The molecule has 2 aliphatic heterocycles. The maximum atomic E-state index is 13.5. The first-order valence-electron chi connectivity index (χ1n) is 17.2. The molecule has 0 radical (unpaired) electrons. The zero-order valence-corrected chi connectivity index (χ0v) is 32.2. The largest absolute Gasteiger partial charge is 0.425 e. The number of esters is 2. The quantitative estimate of drug-likeness (QED) is 0.0567. The van der Waals surface area contributed by atoms with Gasteiger partial charge in [-0.15, -0.1) is 0 Å². The fraction of sp³-hybridized carbons (Fsp3) is 0.171. The fourth-order valence-electron chi connectivity index (χ4n) is 5.71. The molecule has 280 valence electrons. The van der Waals surface area contributed by atoms with Crippen molar-refractivity contribution in [1.82, 2.24) is 5.32 Å². The van der Waals surface area contributed by atoms with Crippen LogP contribution in [0.3, 0.4) is 0 Å². The van der Waals surface area contributed by atoms with Crippen LogP contribution in [0.1, 0.15) is 54.4 Å². The predicted octanol–water partition coefficient (Wildman–Crippen LogP) is 9.80. The lowest BCUT2D eigenvalue weighted by atomic mass is 10.1. The molecule has 55 heavy (non-hydrogen) atoms. The molecule has 4 aromatic rings. The molecule has 1 N–H and O–H groups in total. The van der Waals surface area contributed by atoms with Crippen LogP contribution in [-0.4, -0.2) is 34.2 Å². The molecule has 4 aromatic carbocycles. The summed E-state index contributed by atoms with van der Waals surface area (Å²) in [6, 6.07) is 26.6. The molecule has 4 amide bonds. The summed E-state index contributed by atoms with van der Waals surface area (Å²) in [6.45, 7) is 0. The molecule has 14 heteroatoms. The number of hydrogen-bond acceptors (Lipinski definition) is 10. The first kappa shape index (κ1) is 39.6. The van der Waals surface area contributed by atoms with Crippen LogP contribution in [0.5, 0.6) is 11.5 Å². The minimum Gasteiger partial charge on any atom is -0.425 e. The number of hydrogen-bond donors (Lipinski definition) is 1. The van der Waals surface area contributed by atoms with Crippen LogP contribution in [0.25, 0.3) is 12.2 Å². The average molecular weight is 816 g/mol. The fourth-order valence-corrected chi connectivity index (χ4v) is 7.65. The molecule has 0 unspecified atom stereocenters. The number of thioether (sulfide) groups is 2. The summed E-state index contributed by atoms with van der Waals surface area (Å²) in [5.74, 6) is -1.64. The smallest absolute Gasteiger partial charge is 0.311 e. The lowest BCUT2D eigenvalue weighted by Gasteiger charge is -2.14. The SMILES string of the molecule is O=C(CCCCc1cccc(N2C(=O)S/C(=C\c3cccc(OC(=O)CCCc4ccccc4)c3Cl)C2=O)c1)Oc1cccc(/C=C2\SC(=O)NC2=O)c1Cl. The van der Waals surface area contributed by atoms with Gasteiger partial charge in [-0.25, -0.2) is 4.90 Å². The van der Waals surface area contributed by atoms with E-state index in [-0.39, 0.29) is 44.2 Å². The predicted molar refractivity (Wildman–Crippen MR) is 215 cm³/mol. The first-order chi connectivity index (χ1) is 26.5. The molecule has 10 nitrogen and oxygen atoms in total. The summed E-state index contributed by atoms with van der Waals surface area (Å²) >= 11 is 14.6. The van der Waals surface area contributed by atoms with Crippen molar-refractivity contribution in [2.75, 3.05) is 4.90 Å². The van der Waals surface area contributed by atoms with E-state index in [1.54, 1.807) is 54.6 Å². The van der Waals surface area contributed by atoms with Crippen molar-refractivity contribution in [2.45, 2.75) is 44.9 Å². The van der Waals surface area contributed by atoms with E-state index in [1.165, 1.54) is 12.2 Å². The number of nitrogens with one attached hydrogen (secondary N) is 1. The number of aryl methyl sites for hydroxylation is 2. The Kier molecular flexibility index (Phi) is 13.3.